The van der Waals surface area contributed by atoms with Crippen LogP contribution in [0.25, 0.3) is 0 Å². The van der Waals surface area contributed by atoms with E-state index >= 15 is 0 Å². The largest absolute Gasteiger partial charge is 0.306 e. The van der Waals surface area contributed by atoms with Crippen molar-refractivity contribution in [3.8, 4) is 0 Å². The van der Waals surface area contributed by atoms with Crippen molar-refractivity contribution in [3.63, 3.8) is 0 Å². The van der Waals surface area contributed by atoms with E-state index in [1.54, 1.807) is 12.2 Å². The fourth-order valence-electron chi connectivity index (χ4n) is 0.748. The first-order valence-electron chi connectivity index (χ1n) is 5.41. The summed E-state index contributed by atoms with van der Waals surface area (Å²) in [6.45, 7) is 6.05. The van der Waals surface area contributed by atoms with Crippen molar-refractivity contribution in [3.05, 3.63) is 24.3 Å². The molecule has 0 saturated carbocycles. The number of hydrogen-bond acceptors (Lipinski definition) is 3. The number of rotatable bonds is 5. The molecule has 3 nitrogen and oxygen atoms in total. The Hall–Kier alpha value is -1.22. The molecule has 16 heavy (non-hydrogen) atoms. The van der Waals surface area contributed by atoms with Gasteiger partial charge >= 0.3 is 0 Å². The summed E-state index contributed by atoms with van der Waals surface area (Å²) in [6, 6.07) is 0. The van der Waals surface area contributed by atoms with Crippen molar-refractivity contribution in [2.45, 2.75) is 27.2 Å². The van der Waals surface area contributed by atoms with Gasteiger partial charge in [0.2, 0.25) is 0 Å². The highest BCUT2D eigenvalue weighted by molar-refractivity contribution is 5.89. The summed E-state index contributed by atoms with van der Waals surface area (Å²) in [6.07, 6.45) is 7.37. The van der Waals surface area contributed by atoms with Gasteiger partial charge in [-0.1, -0.05) is 19.1 Å². The van der Waals surface area contributed by atoms with Crippen LogP contribution in [0.3, 0.4) is 0 Å². The Kier molecular flexibility index (Phi) is 12.7. The van der Waals surface area contributed by atoms with Gasteiger partial charge in [-0.3, -0.25) is 9.59 Å². The van der Waals surface area contributed by atoms with Gasteiger partial charge in [-0.25, -0.2) is 0 Å². The first-order valence-corrected chi connectivity index (χ1v) is 5.41. The molecule has 0 bridgehead atoms. The Bertz CT molecular complexity index is 253. The van der Waals surface area contributed by atoms with Crippen molar-refractivity contribution >= 4 is 11.6 Å². The van der Waals surface area contributed by atoms with Crippen LogP contribution in [-0.2, 0) is 9.59 Å². The van der Waals surface area contributed by atoms with Crippen molar-refractivity contribution < 1.29 is 9.59 Å². The molecule has 0 unspecified atom stereocenters. The SMILES string of the molecule is C/C=C/C(C)=O.CCC(=O)/C=C/CN(C)C. The van der Waals surface area contributed by atoms with Crippen molar-refractivity contribution in [1.29, 1.82) is 0 Å². The van der Waals surface area contributed by atoms with Gasteiger partial charge in [0.15, 0.2) is 11.6 Å². The van der Waals surface area contributed by atoms with E-state index in [9.17, 15) is 9.59 Å². The molecule has 0 N–H and O–H groups in total. The lowest BCUT2D eigenvalue weighted by Crippen LogP contribution is -2.10. The minimum atomic E-state index is 0.109. The van der Waals surface area contributed by atoms with Crippen LogP contribution in [0.1, 0.15) is 27.2 Å². The summed E-state index contributed by atoms with van der Waals surface area (Å²) >= 11 is 0. The first-order chi connectivity index (χ1) is 7.43. The summed E-state index contributed by atoms with van der Waals surface area (Å²) in [5, 5.41) is 0. The smallest absolute Gasteiger partial charge is 0.155 e. The Morgan fingerprint density at radius 2 is 1.75 bits per heavy atom. The number of carbonyl (C=O) groups is 2. The quantitative estimate of drug-likeness (QED) is 0.673. The molecule has 0 aromatic carbocycles. The van der Waals surface area contributed by atoms with Gasteiger partial charge in [0.25, 0.3) is 0 Å². The fourth-order valence-corrected chi connectivity index (χ4v) is 0.748. The summed E-state index contributed by atoms with van der Waals surface area (Å²) in [5.74, 6) is 0.305. The van der Waals surface area contributed by atoms with Crippen molar-refractivity contribution in [2.24, 2.45) is 0 Å². The number of carbonyl (C=O) groups excluding carboxylic acids is 2. The molecular weight excluding hydrogens is 202 g/mol. The molecule has 0 saturated heterocycles. The standard InChI is InChI=1S/C8H15NO.C5H8O/c1-4-8(10)6-5-7-9(2)3;1-3-4-5(2)6/h5-6H,4,7H2,1-3H3;3-4H,1-2H3/b6-5+;4-3+. The number of likely N-dealkylation sites (N-methyl/N-ethyl adjacent to an activating group) is 1. The summed E-state index contributed by atoms with van der Waals surface area (Å²) in [5.41, 5.74) is 0. The minimum absolute atomic E-state index is 0.109. The number of allylic oxidation sites excluding steroid dienone is 3. The molecular formula is C13H23NO2. The predicted molar refractivity (Wildman–Crippen MR) is 68.5 cm³/mol. The van der Waals surface area contributed by atoms with Gasteiger partial charge in [-0.2, -0.15) is 0 Å². The van der Waals surface area contributed by atoms with Crippen molar-refractivity contribution in [2.75, 3.05) is 20.6 Å². The molecule has 0 atom stereocenters. The van der Waals surface area contributed by atoms with E-state index in [1.165, 1.54) is 13.0 Å². The number of ketones is 2. The molecule has 0 aliphatic heterocycles. The molecule has 0 fully saturated rings. The Balaban J connectivity index is 0. The molecule has 0 aliphatic rings. The maximum absolute atomic E-state index is 10.7. The lowest BCUT2D eigenvalue weighted by atomic mass is 10.3. The topological polar surface area (TPSA) is 37.4 Å². The zero-order valence-electron chi connectivity index (χ0n) is 11.0. The average molecular weight is 225 g/mol. The van der Waals surface area contributed by atoms with Crippen LogP contribution in [0.4, 0.5) is 0 Å². The van der Waals surface area contributed by atoms with Gasteiger partial charge in [-0.15, -0.1) is 0 Å². The zero-order valence-corrected chi connectivity index (χ0v) is 11.0. The van der Waals surface area contributed by atoms with Crippen LogP contribution in [-0.4, -0.2) is 37.1 Å². The van der Waals surface area contributed by atoms with Gasteiger partial charge < -0.3 is 4.90 Å². The Morgan fingerprint density at radius 3 is 2.00 bits per heavy atom. The van der Waals surface area contributed by atoms with Crippen LogP contribution in [0.5, 0.6) is 0 Å². The zero-order chi connectivity index (χ0) is 13.0. The molecule has 92 valence electrons. The van der Waals surface area contributed by atoms with Gasteiger partial charge in [0.05, 0.1) is 0 Å². The molecule has 0 aliphatic carbocycles. The van der Waals surface area contributed by atoms with Crippen molar-refractivity contribution in [1.82, 2.24) is 4.90 Å². The second-order valence-corrected chi connectivity index (χ2v) is 3.60. The second kappa shape index (κ2) is 11.9. The van der Waals surface area contributed by atoms with Gasteiger partial charge in [-0.05, 0) is 40.1 Å². The van der Waals surface area contributed by atoms with Crippen LogP contribution < -0.4 is 0 Å². The molecule has 0 spiro atoms. The van der Waals surface area contributed by atoms with Crippen LogP contribution in [0.2, 0.25) is 0 Å². The van der Waals surface area contributed by atoms with E-state index in [4.69, 9.17) is 0 Å². The molecule has 3 heteroatoms. The molecule has 0 rings (SSSR count). The third-order valence-corrected chi connectivity index (χ3v) is 1.52. The van der Waals surface area contributed by atoms with Crippen LogP contribution in [0, 0.1) is 0 Å². The van der Waals surface area contributed by atoms with E-state index in [0.29, 0.717) is 6.42 Å². The minimum Gasteiger partial charge on any atom is -0.306 e. The maximum Gasteiger partial charge on any atom is 0.155 e. The normalized spacial score (nSPS) is 10.6. The Labute approximate surface area is 98.8 Å². The maximum atomic E-state index is 10.7. The third-order valence-electron chi connectivity index (χ3n) is 1.52. The number of nitrogens with zero attached hydrogens (tertiary/aromatic N) is 1. The predicted octanol–water partition coefficient (Wildman–Crippen LogP) is 2.23. The average Bonchev–Trinajstić information content (AvgIpc) is 2.17. The molecule has 0 radical (unpaired) electrons. The fraction of sp³-hybridized carbons (Fsp3) is 0.538. The van der Waals surface area contributed by atoms with Crippen LogP contribution in [0.15, 0.2) is 24.3 Å². The van der Waals surface area contributed by atoms with E-state index in [-0.39, 0.29) is 11.6 Å². The summed E-state index contributed by atoms with van der Waals surface area (Å²) in [7, 11) is 3.95. The third kappa shape index (κ3) is 18.5. The number of hydrogen-bond donors (Lipinski definition) is 0. The van der Waals surface area contributed by atoms with E-state index in [1.807, 2.05) is 38.9 Å². The second-order valence-electron chi connectivity index (χ2n) is 3.60. The highest BCUT2D eigenvalue weighted by Gasteiger charge is 1.88. The lowest BCUT2D eigenvalue weighted by Gasteiger charge is -2.02. The summed E-state index contributed by atoms with van der Waals surface area (Å²) in [4.78, 5) is 22.7. The lowest BCUT2D eigenvalue weighted by molar-refractivity contribution is -0.114. The molecule has 0 heterocycles. The van der Waals surface area contributed by atoms with Gasteiger partial charge in [0.1, 0.15) is 0 Å². The summed E-state index contributed by atoms with van der Waals surface area (Å²) < 4.78 is 0. The van der Waals surface area contributed by atoms with Gasteiger partial charge in [0, 0.05) is 13.0 Å². The van der Waals surface area contributed by atoms with E-state index < -0.39 is 0 Å². The van der Waals surface area contributed by atoms with Crippen LogP contribution >= 0.6 is 0 Å². The van der Waals surface area contributed by atoms with E-state index in [0.717, 1.165) is 6.54 Å². The first kappa shape index (κ1) is 17.2. The monoisotopic (exact) mass is 225 g/mol. The highest BCUT2D eigenvalue weighted by Crippen LogP contribution is 1.83. The van der Waals surface area contributed by atoms with E-state index in [2.05, 4.69) is 0 Å². The highest BCUT2D eigenvalue weighted by atomic mass is 16.1. The molecule has 0 aromatic heterocycles. The Morgan fingerprint density at radius 1 is 1.19 bits per heavy atom. The molecule has 0 amide bonds. The molecule has 0 aromatic rings.